The monoisotopic (exact) mass is 498 g/mol. The van der Waals surface area contributed by atoms with E-state index in [0.717, 1.165) is 28.3 Å². The minimum Gasteiger partial charge on any atom is -0.337 e. The number of aromatic nitrogens is 2. The van der Waals surface area contributed by atoms with E-state index in [1.807, 2.05) is 17.5 Å². The van der Waals surface area contributed by atoms with Crippen LogP contribution in [0.1, 0.15) is 15.9 Å². The molecule has 0 aliphatic carbocycles. The Labute approximate surface area is 197 Å². The Morgan fingerprint density at radius 2 is 1.88 bits per heavy atom. The molecule has 172 valence electrons. The van der Waals surface area contributed by atoms with Crippen LogP contribution in [0.3, 0.4) is 0 Å². The Balaban J connectivity index is 1.41. The Morgan fingerprint density at radius 1 is 1.06 bits per heavy atom. The fourth-order valence-corrected chi connectivity index (χ4v) is 5.60. The van der Waals surface area contributed by atoms with Gasteiger partial charge in [0.2, 0.25) is 0 Å². The summed E-state index contributed by atoms with van der Waals surface area (Å²) in [6.45, 7) is 0.543. The van der Waals surface area contributed by atoms with Crippen LogP contribution in [-0.4, -0.2) is 36.2 Å². The highest BCUT2D eigenvalue weighted by Crippen LogP contribution is 2.33. The number of anilines is 1. The van der Waals surface area contributed by atoms with E-state index in [9.17, 15) is 22.0 Å². The summed E-state index contributed by atoms with van der Waals surface area (Å²) in [6.07, 6.45) is 2.81. The summed E-state index contributed by atoms with van der Waals surface area (Å²) < 4.78 is 54.5. The third-order valence-corrected chi connectivity index (χ3v) is 7.62. The van der Waals surface area contributed by atoms with Crippen LogP contribution in [0, 0.1) is 11.6 Å². The van der Waals surface area contributed by atoms with Gasteiger partial charge in [0, 0.05) is 47.9 Å². The lowest BCUT2D eigenvalue weighted by molar-refractivity contribution is 0.0816. The number of fused-ring (bicyclic) bond motifs is 1. The van der Waals surface area contributed by atoms with E-state index in [4.69, 9.17) is 0 Å². The smallest absolute Gasteiger partial charge is 0.264 e. The molecule has 34 heavy (non-hydrogen) atoms. The number of nitrogens with zero attached hydrogens (tertiary/aromatic N) is 3. The predicted molar refractivity (Wildman–Crippen MR) is 124 cm³/mol. The van der Waals surface area contributed by atoms with Crippen molar-refractivity contribution >= 4 is 33.0 Å². The lowest BCUT2D eigenvalue weighted by Gasteiger charge is -2.09. The molecule has 0 radical (unpaired) electrons. The molecule has 0 unspecified atom stereocenters. The maximum Gasteiger partial charge on any atom is 0.264 e. The van der Waals surface area contributed by atoms with Gasteiger partial charge in [-0.2, -0.15) is 0 Å². The molecule has 1 aliphatic heterocycles. The zero-order valence-corrected chi connectivity index (χ0v) is 19.3. The van der Waals surface area contributed by atoms with Crippen molar-refractivity contribution in [2.75, 3.05) is 11.8 Å². The lowest BCUT2D eigenvalue weighted by Crippen LogP contribution is -2.17. The molecule has 4 aromatic rings. The Kier molecular flexibility index (Phi) is 5.37. The minimum atomic E-state index is -4.29. The van der Waals surface area contributed by atoms with Crippen molar-refractivity contribution in [3.05, 3.63) is 83.0 Å². The van der Waals surface area contributed by atoms with Gasteiger partial charge in [-0.05, 0) is 35.9 Å². The molecular weight excluding hydrogens is 482 g/mol. The molecule has 2 aromatic heterocycles. The molecule has 11 heteroatoms. The van der Waals surface area contributed by atoms with Gasteiger partial charge in [0.1, 0.15) is 21.5 Å². The third kappa shape index (κ3) is 4.03. The minimum absolute atomic E-state index is 0.00719. The van der Waals surface area contributed by atoms with E-state index in [1.165, 1.54) is 29.8 Å². The summed E-state index contributed by atoms with van der Waals surface area (Å²) in [5.41, 5.74) is 3.73. The first-order chi connectivity index (χ1) is 16.2. The fourth-order valence-electron chi connectivity index (χ4n) is 3.68. The number of carbonyl (C=O) groups excluding carboxylic acids is 1. The maximum absolute atomic E-state index is 14.0. The highest BCUT2D eigenvalue weighted by Gasteiger charge is 2.25. The quantitative estimate of drug-likeness (QED) is 0.436. The topological polar surface area (TPSA) is 92.3 Å². The lowest BCUT2D eigenvalue weighted by atomic mass is 10.1. The van der Waals surface area contributed by atoms with Gasteiger partial charge >= 0.3 is 0 Å². The molecule has 0 fully saturated rings. The summed E-state index contributed by atoms with van der Waals surface area (Å²) in [7, 11) is -2.54. The van der Waals surface area contributed by atoms with Gasteiger partial charge in [-0.25, -0.2) is 22.2 Å². The second-order valence-electron chi connectivity index (χ2n) is 7.71. The van der Waals surface area contributed by atoms with Crippen LogP contribution < -0.4 is 4.72 Å². The average molecular weight is 499 g/mol. The van der Waals surface area contributed by atoms with E-state index < -0.39 is 26.6 Å². The normalized spacial score (nSPS) is 13.3. The van der Waals surface area contributed by atoms with E-state index in [2.05, 4.69) is 14.7 Å². The zero-order chi connectivity index (χ0) is 24.0. The largest absolute Gasteiger partial charge is 0.337 e. The third-order valence-electron chi connectivity index (χ3n) is 5.31. The SMILES string of the molecule is CN1Cc2cc(-c3nc(-c4cncc(NS(=O)(=O)c5ccc(F)cc5F)c4)cs3)ccc2C1=O. The van der Waals surface area contributed by atoms with Crippen molar-refractivity contribution < 1.29 is 22.0 Å². The van der Waals surface area contributed by atoms with Crippen molar-refractivity contribution in [1.82, 2.24) is 14.9 Å². The Hall–Kier alpha value is -3.70. The van der Waals surface area contributed by atoms with Crippen LogP contribution in [-0.2, 0) is 16.6 Å². The molecule has 5 rings (SSSR count). The van der Waals surface area contributed by atoms with Crippen molar-refractivity contribution in [2.45, 2.75) is 11.4 Å². The van der Waals surface area contributed by atoms with Crippen molar-refractivity contribution in [3.8, 4) is 21.8 Å². The molecule has 0 spiro atoms. The van der Waals surface area contributed by atoms with Crippen LogP contribution in [0.5, 0.6) is 0 Å². The second-order valence-corrected chi connectivity index (χ2v) is 10.2. The molecule has 1 N–H and O–H groups in total. The number of pyridine rings is 1. The van der Waals surface area contributed by atoms with Crippen LogP contribution >= 0.6 is 11.3 Å². The summed E-state index contributed by atoms with van der Waals surface area (Å²) in [4.78, 5) is 21.8. The number of benzene rings is 2. The van der Waals surface area contributed by atoms with E-state index in [0.29, 0.717) is 29.4 Å². The molecule has 2 aromatic carbocycles. The highest BCUT2D eigenvalue weighted by atomic mass is 32.2. The van der Waals surface area contributed by atoms with Gasteiger partial charge in [0.25, 0.3) is 15.9 Å². The van der Waals surface area contributed by atoms with Gasteiger partial charge < -0.3 is 4.90 Å². The number of sulfonamides is 1. The molecule has 0 bridgehead atoms. The molecule has 0 saturated carbocycles. The van der Waals surface area contributed by atoms with Crippen LogP contribution in [0.15, 0.2) is 65.1 Å². The molecule has 3 heterocycles. The first kappa shape index (κ1) is 22.1. The van der Waals surface area contributed by atoms with Crippen LogP contribution in [0.4, 0.5) is 14.5 Å². The Bertz CT molecular complexity index is 1550. The van der Waals surface area contributed by atoms with Gasteiger partial charge in [0.05, 0.1) is 17.6 Å². The molecule has 7 nitrogen and oxygen atoms in total. The van der Waals surface area contributed by atoms with E-state index in [1.54, 1.807) is 18.0 Å². The number of nitrogens with one attached hydrogen (secondary N) is 1. The molecule has 0 atom stereocenters. The standard InChI is InChI=1S/C23H16F2N4O3S2/c1-29-11-15-6-13(2-4-18(15)23(29)30)22-27-20(12-33-22)14-7-17(10-26-9-14)28-34(31,32)21-5-3-16(24)8-19(21)25/h2-10,12,28H,11H2,1H3. The number of rotatable bonds is 5. The predicted octanol–water partition coefficient (Wildman–Crippen LogP) is 4.54. The van der Waals surface area contributed by atoms with Crippen molar-refractivity contribution in [3.63, 3.8) is 0 Å². The summed E-state index contributed by atoms with van der Waals surface area (Å²) >= 11 is 1.40. The van der Waals surface area contributed by atoms with Crippen molar-refractivity contribution in [2.24, 2.45) is 0 Å². The summed E-state index contributed by atoms with van der Waals surface area (Å²) in [6, 6.07) is 9.35. The first-order valence-electron chi connectivity index (χ1n) is 9.99. The first-order valence-corrected chi connectivity index (χ1v) is 12.3. The number of thiazole rings is 1. The molecule has 1 aliphatic rings. The van der Waals surface area contributed by atoms with E-state index in [-0.39, 0.29) is 11.6 Å². The molecule has 0 saturated heterocycles. The van der Waals surface area contributed by atoms with Gasteiger partial charge in [-0.15, -0.1) is 11.3 Å². The number of carbonyl (C=O) groups is 1. The second kappa shape index (κ2) is 8.26. The molecular formula is C23H16F2N4O3S2. The number of halogens is 2. The van der Waals surface area contributed by atoms with Gasteiger partial charge in [0.15, 0.2) is 0 Å². The average Bonchev–Trinajstić information content (AvgIpc) is 3.38. The van der Waals surface area contributed by atoms with Crippen LogP contribution in [0.25, 0.3) is 21.8 Å². The van der Waals surface area contributed by atoms with Crippen molar-refractivity contribution in [1.29, 1.82) is 0 Å². The number of amides is 1. The van der Waals surface area contributed by atoms with E-state index >= 15 is 0 Å². The van der Waals surface area contributed by atoms with Gasteiger partial charge in [-0.1, -0.05) is 6.07 Å². The maximum atomic E-state index is 14.0. The van der Waals surface area contributed by atoms with Crippen LogP contribution in [0.2, 0.25) is 0 Å². The fraction of sp³-hybridized carbons (Fsp3) is 0.0870. The Morgan fingerprint density at radius 3 is 2.68 bits per heavy atom. The molecule has 1 amide bonds. The zero-order valence-electron chi connectivity index (χ0n) is 17.6. The van der Waals surface area contributed by atoms with Gasteiger partial charge in [-0.3, -0.25) is 14.5 Å². The summed E-state index contributed by atoms with van der Waals surface area (Å²) in [5.74, 6) is -2.07. The highest BCUT2D eigenvalue weighted by molar-refractivity contribution is 7.92. The number of hydrogen-bond acceptors (Lipinski definition) is 6. The summed E-state index contributed by atoms with van der Waals surface area (Å²) in [5, 5.41) is 2.55. The number of hydrogen-bond donors (Lipinski definition) is 1.